The molecule has 2 rings (SSSR count). The van der Waals surface area contributed by atoms with Gasteiger partial charge < -0.3 is 0 Å². The maximum atomic E-state index is 12.9. The van der Waals surface area contributed by atoms with Crippen LogP contribution in [0.5, 0.6) is 0 Å². The summed E-state index contributed by atoms with van der Waals surface area (Å²) in [5.41, 5.74) is 3.24. The van der Waals surface area contributed by atoms with Crippen LogP contribution in [-0.4, -0.2) is 15.7 Å². The predicted molar refractivity (Wildman–Crippen MR) is 83.7 cm³/mol. The Balaban J connectivity index is 2.11. The van der Waals surface area contributed by atoms with E-state index >= 15 is 0 Å². The van der Waals surface area contributed by atoms with E-state index < -0.39 is 0 Å². The highest BCUT2D eigenvalue weighted by Crippen LogP contribution is 2.25. The van der Waals surface area contributed by atoms with E-state index in [2.05, 4.69) is 21.0 Å². The first-order chi connectivity index (χ1) is 9.51. The van der Waals surface area contributed by atoms with Crippen LogP contribution in [0, 0.1) is 18.7 Å². The van der Waals surface area contributed by atoms with Crippen molar-refractivity contribution in [3.05, 3.63) is 51.5 Å². The first-order valence-electron chi connectivity index (χ1n) is 6.49. The average molecular weight is 360 g/mol. The quantitative estimate of drug-likeness (QED) is 0.729. The summed E-state index contributed by atoms with van der Waals surface area (Å²) in [6, 6.07) is 6.62. The van der Waals surface area contributed by atoms with E-state index in [1.807, 2.05) is 30.8 Å². The van der Waals surface area contributed by atoms with Crippen molar-refractivity contribution < 1.29 is 4.39 Å². The summed E-state index contributed by atoms with van der Waals surface area (Å²) in [5, 5.41) is 4.39. The number of nitrogens with zero attached hydrogens (tertiary/aromatic N) is 2. The lowest BCUT2D eigenvalue weighted by Gasteiger charge is -2.14. The van der Waals surface area contributed by atoms with Gasteiger partial charge in [-0.3, -0.25) is 4.68 Å². The first kappa shape index (κ1) is 15.5. The molecule has 0 bridgehead atoms. The Hall–Kier alpha value is -0.870. The van der Waals surface area contributed by atoms with E-state index in [1.165, 1.54) is 12.1 Å². The monoisotopic (exact) mass is 358 g/mol. The fraction of sp³-hybridized carbons (Fsp3) is 0.400. The maximum Gasteiger partial charge on any atom is 0.123 e. The van der Waals surface area contributed by atoms with Gasteiger partial charge in [-0.05, 0) is 59.3 Å². The second-order valence-corrected chi connectivity index (χ2v) is 6.13. The third-order valence-electron chi connectivity index (χ3n) is 3.40. The van der Waals surface area contributed by atoms with Crippen molar-refractivity contribution >= 4 is 27.5 Å². The lowest BCUT2D eigenvalue weighted by atomic mass is 9.96. The molecular weight excluding hydrogens is 343 g/mol. The van der Waals surface area contributed by atoms with Crippen molar-refractivity contribution in [3.63, 3.8) is 0 Å². The van der Waals surface area contributed by atoms with Gasteiger partial charge >= 0.3 is 0 Å². The molecule has 5 heteroatoms. The molecule has 0 aliphatic carbocycles. The molecule has 1 heterocycles. The van der Waals surface area contributed by atoms with E-state index in [1.54, 1.807) is 0 Å². The number of halogens is 3. The fourth-order valence-corrected chi connectivity index (χ4v) is 3.03. The molecule has 0 fully saturated rings. The number of alkyl halides is 1. The van der Waals surface area contributed by atoms with Gasteiger partial charge in [-0.15, -0.1) is 11.6 Å². The molecule has 1 aromatic heterocycles. The molecule has 2 nitrogen and oxygen atoms in total. The number of benzene rings is 1. The minimum absolute atomic E-state index is 0.207. The van der Waals surface area contributed by atoms with Crippen LogP contribution >= 0.6 is 27.5 Å². The summed E-state index contributed by atoms with van der Waals surface area (Å²) in [6.07, 6.45) is 1.68. The van der Waals surface area contributed by atoms with E-state index in [-0.39, 0.29) is 5.82 Å². The highest BCUT2D eigenvalue weighted by Gasteiger charge is 2.16. The Labute approximate surface area is 132 Å². The smallest absolute Gasteiger partial charge is 0.123 e. The normalized spacial score (nSPS) is 12.7. The molecule has 20 heavy (non-hydrogen) atoms. The largest absolute Gasteiger partial charge is 0.271 e. The Kier molecular flexibility index (Phi) is 5.22. The maximum absolute atomic E-state index is 12.9. The molecule has 0 saturated heterocycles. The number of aryl methyl sites for hydroxylation is 2. The molecular formula is C15H17BrClFN2. The Morgan fingerprint density at radius 1 is 1.30 bits per heavy atom. The summed E-state index contributed by atoms with van der Waals surface area (Å²) < 4.78 is 15.9. The van der Waals surface area contributed by atoms with Crippen LogP contribution in [0.1, 0.15) is 17.0 Å². The van der Waals surface area contributed by atoms with Gasteiger partial charge in [-0.1, -0.05) is 12.1 Å². The van der Waals surface area contributed by atoms with Crippen LogP contribution in [-0.2, 0) is 19.9 Å². The molecule has 1 aromatic carbocycles. The van der Waals surface area contributed by atoms with E-state index in [0.717, 1.165) is 34.3 Å². The van der Waals surface area contributed by atoms with E-state index in [0.29, 0.717) is 11.8 Å². The topological polar surface area (TPSA) is 17.8 Å². The number of rotatable bonds is 5. The van der Waals surface area contributed by atoms with Crippen molar-refractivity contribution in [1.29, 1.82) is 0 Å². The van der Waals surface area contributed by atoms with Gasteiger partial charge in [0.15, 0.2) is 0 Å². The molecule has 0 aliphatic heterocycles. The van der Waals surface area contributed by atoms with E-state index in [9.17, 15) is 4.39 Å². The second-order valence-electron chi connectivity index (χ2n) is 5.02. The molecule has 0 radical (unpaired) electrons. The molecule has 1 atom stereocenters. The molecule has 0 N–H and O–H groups in total. The molecule has 2 aromatic rings. The van der Waals surface area contributed by atoms with Gasteiger partial charge in [0.1, 0.15) is 5.82 Å². The summed E-state index contributed by atoms with van der Waals surface area (Å²) in [6.45, 7) is 1.98. The Morgan fingerprint density at radius 3 is 2.45 bits per heavy atom. The minimum atomic E-state index is -0.207. The lowest BCUT2D eigenvalue weighted by Crippen LogP contribution is -2.13. The molecule has 1 unspecified atom stereocenters. The average Bonchev–Trinajstić information content (AvgIpc) is 2.66. The first-order valence-corrected chi connectivity index (χ1v) is 7.82. The third kappa shape index (κ3) is 3.61. The van der Waals surface area contributed by atoms with Crippen LogP contribution in [0.4, 0.5) is 4.39 Å². The molecule has 0 amide bonds. The van der Waals surface area contributed by atoms with Crippen LogP contribution in [0.3, 0.4) is 0 Å². The summed E-state index contributed by atoms with van der Waals surface area (Å²) >= 11 is 9.67. The molecule has 0 spiro atoms. The highest BCUT2D eigenvalue weighted by molar-refractivity contribution is 9.10. The number of hydrogen-bond donors (Lipinski definition) is 0. The van der Waals surface area contributed by atoms with Crippen LogP contribution in [0.15, 0.2) is 28.7 Å². The van der Waals surface area contributed by atoms with Gasteiger partial charge in [-0.2, -0.15) is 5.10 Å². The third-order valence-corrected chi connectivity index (χ3v) is 4.87. The van der Waals surface area contributed by atoms with Crippen molar-refractivity contribution in [1.82, 2.24) is 9.78 Å². The van der Waals surface area contributed by atoms with Crippen molar-refractivity contribution in [2.75, 3.05) is 5.88 Å². The van der Waals surface area contributed by atoms with Gasteiger partial charge in [0.2, 0.25) is 0 Å². The van der Waals surface area contributed by atoms with Crippen LogP contribution < -0.4 is 0 Å². The zero-order valence-corrected chi connectivity index (χ0v) is 13.9. The minimum Gasteiger partial charge on any atom is -0.271 e. The Bertz CT molecular complexity index is 580. The van der Waals surface area contributed by atoms with Crippen molar-refractivity contribution in [3.8, 4) is 0 Å². The lowest BCUT2D eigenvalue weighted by molar-refractivity contribution is 0.549. The van der Waals surface area contributed by atoms with Gasteiger partial charge in [0.05, 0.1) is 15.9 Å². The van der Waals surface area contributed by atoms with Gasteiger partial charge in [0.25, 0.3) is 0 Å². The molecule has 108 valence electrons. The molecule has 0 aliphatic rings. The van der Waals surface area contributed by atoms with E-state index in [4.69, 9.17) is 11.6 Å². The fourth-order valence-electron chi connectivity index (χ4n) is 2.31. The summed E-state index contributed by atoms with van der Waals surface area (Å²) in [7, 11) is 1.94. The zero-order valence-electron chi connectivity index (χ0n) is 11.5. The SMILES string of the molecule is Cc1nn(C)c(CC(CCl)Cc2ccc(F)cc2)c1Br. The van der Waals surface area contributed by atoms with Crippen molar-refractivity contribution in [2.24, 2.45) is 13.0 Å². The summed E-state index contributed by atoms with van der Waals surface area (Å²) in [4.78, 5) is 0. The Morgan fingerprint density at radius 2 is 1.95 bits per heavy atom. The van der Waals surface area contributed by atoms with Gasteiger partial charge in [0, 0.05) is 12.9 Å². The van der Waals surface area contributed by atoms with Crippen molar-refractivity contribution in [2.45, 2.75) is 19.8 Å². The summed E-state index contributed by atoms with van der Waals surface area (Å²) in [5.74, 6) is 0.656. The van der Waals surface area contributed by atoms with Crippen LogP contribution in [0.2, 0.25) is 0 Å². The number of aromatic nitrogens is 2. The standard InChI is InChI=1S/C15H17BrClFN2/c1-10-15(16)14(20(2)19-10)8-12(9-17)7-11-3-5-13(18)6-4-11/h3-6,12H,7-9H2,1-2H3. The molecule has 0 saturated carbocycles. The highest BCUT2D eigenvalue weighted by atomic mass is 79.9. The number of hydrogen-bond acceptors (Lipinski definition) is 1. The second kappa shape index (κ2) is 6.72. The predicted octanol–water partition coefficient (Wildman–Crippen LogP) is 4.27. The zero-order chi connectivity index (χ0) is 14.7. The van der Waals surface area contributed by atoms with Gasteiger partial charge in [-0.25, -0.2) is 4.39 Å². The van der Waals surface area contributed by atoms with Crippen LogP contribution in [0.25, 0.3) is 0 Å².